The molecule has 0 amide bonds. The van der Waals surface area contributed by atoms with Gasteiger partial charge in [0.1, 0.15) is 0 Å². The van der Waals surface area contributed by atoms with Gasteiger partial charge in [-0.25, -0.2) is 0 Å². The molecule has 0 aliphatic heterocycles. The van der Waals surface area contributed by atoms with Crippen molar-refractivity contribution in [1.82, 2.24) is 4.90 Å². The van der Waals surface area contributed by atoms with E-state index in [9.17, 15) is 5.26 Å². The SMILES string of the molecule is CN(C)C/C=C/C1c2ccccc2CCc2ccc(C#N)cc21. The second-order valence-electron chi connectivity index (χ2n) is 6.39. The van der Waals surface area contributed by atoms with Crippen molar-refractivity contribution >= 4 is 0 Å². The topological polar surface area (TPSA) is 27.0 Å². The van der Waals surface area contributed by atoms with E-state index in [4.69, 9.17) is 0 Å². The summed E-state index contributed by atoms with van der Waals surface area (Å²) in [6.07, 6.45) is 6.63. The van der Waals surface area contributed by atoms with Crippen molar-refractivity contribution in [2.75, 3.05) is 20.6 Å². The molecule has 1 aliphatic carbocycles. The Morgan fingerprint density at radius 1 is 1.09 bits per heavy atom. The lowest BCUT2D eigenvalue weighted by Gasteiger charge is -2.17. The highest BCUT2D eigenvalue weighted by molar-refractivity contribution is 5.50. The van der Waals surface area contributed by atoms with E-state index in [1.54, 1.807) is 0 Å². The summed E-state index contributed by atoms with van der Waals surface area (Å²) in [6.45, 7) is 0.923. The Bertz CT molecular complexity index is 766. The van der Waals surface area contributed by atoms with Crippen LogP contribution >= 0.6 is 0 Å². The van der Waals surface area contributed by atoms with Crippen molar-refractivity contribution in [3.63, 3.8) is 0 Å². The van der Waals surface area contributed by atoms with Gasteiger partial charge >= 0.3 is 0 Å². The quantitative estimate of drug-likeness (QED) is 0.804. The Balaban J connectivity index is 2.10. The standard InChI is InChI=1S/C21H22N2/c1-23(2)13-5-8-20-19-7-4-3-6-17(19)11-12-18-10-9-16(15-22)14-21(18)20/h3-10,14,20H,11-13H2,1-2H3/b8-5+. The third kappa shape index (κ3) is 3.36. The average molecular weight is 302 g/mol. The molecule has 0 spiro atoms. The highest BCUT2D eigenvalue weighted by atomic mass is 15.0. The largest absolute Gasteiger partial charge is 0.306 e. The fourth-order valence-electron chi connectivity index (χ4n) is 3.30. The number of nitrogens with zero attached hydrogens (tertiary/aromatic N) is 2. The van der Waals surface area contributed by atoms with Gasteiger partial charge in [-0.3, -0.25) is 0 Å². The van der Waals surface area contributed by atoms with E-state index in [1.165, 1.54) is 22.3 Å². The molecule has 0 N–H and O–H groups in total. The van der Waals surface area contributed by atoms with Crippen LogP contribution in [-0.4, -0.2) is 25.5 Å². The van der Waals surface area contributed by atoms with Crippen LogP contribution in [0.25, 0.3) is 0 Å². The lowest BCUT2D eigenvalue weighted by Crippen LogP contribution is -2.11. The van der Waals surface area contributed by atoms with Crippen LogP contribution in [0.4, 0.5) is 0 Å². The zero-order chi connectivity index (χ0) is 16.2. The summed E-state index contributed by atoms with van der Waals surface area (Å²) >= 11 is 0. The molecule has 2 heteroatoms. The molecule has 23 heavy (non-hydrogen) atoms. The molecule has 1 aliphatic rings. The van der Waals surface area contributed by atoms with Gasteiger partial charge in [-0.15, -0.1) is 0 Å². The van der Waals surface area contributed by atoms with Crippen LogP contribution in [0.15, 0.2) is 54.6 Å². The first-order chi connectivity index (χ1) is 11.2. The van der Waals surface area contributed by atoms with Crippen molar-refractivity contribution < 1.29 is 0 Å². The molecule has 1 atom stereocenters. The summed E-state index contributed by atoms with van der Waals surface area (Å²) in [5.41, 5.74) is 6.18. The van der Waals surface area contributed by atoms with E-state index in [0.717, 1.165) is 24.9 Å². The lowest BCUT2D eigenvalue weighted by atomic mass is 9.87. The third-order valence-electron chi connectivity index (χ3n) is 4.46. The number of nitriles is 1. The number of benzene rings is 2. The molecule has 0 bridgehead atoms. The van der Waals surface area contributed by atoms with E-state index in [-0.39, 0.29) is 5.92 Å². The number of rotatable bonds is 3. The molecule has 0 saturated carbocycles. The van der Waals surface area contributed by atoms with Crippen molar-refractivity contribution in [3.05, 3.63) is 82.4 Å². The van der Waals surface area contributed by atoms with Gasteiger partial charge in [0.05, 0.1) is 11.6 Å². The summed E-state index contributed by atoms with van der Waals surface area (Å²) in [4.78, 5) is 2.16. The van der Waals surface area contributed by atoms with Crippen molar-refractivity contribution in [1.29, 1.82) is 5.26 Å². The predicted octanol–water partition coefficient (Wildman–Crippen LogP) is 3.91. The van der Waals surface area contributed by atoms with Crippen LogP contribution in [0.1, 0.15) is 33.7 Å². The molecule has 0 aromatic heterocycles. The Kier molecular flexibility index (Phi) is 4.60. The van der Waals surface area contributed by atoms with Crippen molar-refractivity contribution in [2.24, 2.45) is 0 Å². The Morgan fingerprint density at radius 2 is 1.83 bits per heavy atom. The van der Waals surface area contributed by atoms with Crippen molar-refractivity contribution in [2.45, 2.75) is 18.8 Å². The molecule has 116 valence electrons. The molecule has 0 fully saturated rings. The second kappa shape index (κ2) is 6.81. The van der Waals surface area contributed by atoms with Crippen LogP contribution < -0.4 is 0 Å². The normalized spacial score (nSPS) is 16.7. The van der Waals surface area contributed by atoms with Gasteiger partial charge in [0.15, 0.2) is 0 Å². The fraction of sp³-hybridized carbons (Fsp3) is 0.286. The molecule has 2 aromatic rings. The number of hydrogen-bond donors (Lipinski definition) is 0. The van der Waals surface area contributed by atoms with Gasteiger partial charge in [0.25, 0.3) is 0 Å². The van der Waals surface area contributed by atoms with Crippen molar-refractivity contribution in [3.8, 4) is 6.07 Å². The van der Waals surface area contributed by atoms with E-state index in [1.807, 2.05) is 6.07 Å². The molecule has 0 radical (unpaired) electrons. The number of aryl methyl sites for hydroxylation is 2. The maximum Gasteiger partial charge on any atom is 0.0991 e. The molecule has 1 unspecified atom stereocenters. The van der Waals surface area contributed by atoms with E-state index in [0.29, 0.717) is 0 Å². The minimum atomic E-state index is 0.233. The maximum atomic E-state index is 9.27. The first-order valence-corrected chi connectivity index (χ1v) is 8.11. The van der Waals surface area contributed by atoms with Crippen LogP contribution in [-0.2, 0) is 12.8 Å². The van der Waals surface area contributed by atoms with Gasteiger partial charge in [-0.2, -0.15) is 5.26 Å². The Labute approximate surface area is 138 Å². The molecular weight excluding hydrogens is 280 g/mol. The highest BCUT2D eigenvalue weighted by Gasteiger charge is 2.21. The summed E-state index contributed by atoms with van der Waals surface area (Å²) in [7, 11) is 4.15. The van der Waals surface area contributed by atoms with Gasteiger partial charge in [0.2, 0.25) is 0 Å². The zero-order valence-electron chi connectivity index (χ0n) is 13.8. The molecule has 3 rings (SSSR count). The highest BCUT2D eigenvalue weighted by Crippen LogP contribution is 2.35. The van der Waals surface area contributed by atoms with Crippen LogP contribution in [0.2, 0.25) is 0 Å². The molecule has 2 aromatic carbocycles. The van der Waals surface area contributed by atoms with Gasteiger partial charge in [-0.05, 0) is 61.3 Å². The lowest BCUT2D eigenvalue weighted by molar-refractivity contribution is 0.456. The summed E-state index contributed by atoms with van der Waals surface area (Å²) in [6, 6.07) is 17.1. The van der Waals surface area contributed by atoms with Crippen LogP contribution in [0.5, 0.6) is 0 Å². The summed E-state index contributed by atoms with van der Waals surface area (Å²) in [5, 5.41) is 9.27. The van der Waals surface area contributed by atoms with Gasteiger partial charge < -0.3 is 4.90 Å². The zero-order valence-corrected chi connectivity index (χ0v) is 13.8. The van der Waals surface area contributed by atoms with E-state index in [2.05, 4.69) is 73.6 Å². The predicted molar refractivity (Wildman–Crippen MR) is 94.5 cm³/mol. The second-order valence-corrected chi connectivity index (χ2v) is 6.39. The minimum absolute atomic E-state index is 0.233. The molecule has 0 saturated heterocycles. The maximum absolute atomic E-state index is 9.27. The molecular formula is C21H22N2. The Morgan fingerprint density at radius 3 is 2.57 bits per heavy atom. The average Bonchev–Trinajstić information content (AvgIpc) is 2.71. The number of fused-ring (bicyclic) bond motifs is 2. The van der Waals surface area contributed by atoms with Crippen LogP contribution in [0.3, 0.4) is 0 Å². The number of likely N-dealkylation sites (N-methyl/N-ethyl adjacent to an activating group) is 1. The minimum Gasteiger partial charge on any atom is -0.306 e. The molecule has 0 heterocycles. The number of hydrogen-bond acceptors (Lipinski definition) is 2. The summed E-state index contributed by atoms with van der Waals surface area (Å²) < 4.78 is 0. The fourth-order valence-corrected chi connectivity index (χ4v) is 3.30. The van der Waals surface area contributed by atoms with Gasteiger partial charge in [-0.1, -0.05) is 42.5 Å². The number of allylic oxidation sites excluding steroid dienone is 1. The first kappa shape index (κ1) is 15.5. The van der Waals surface area contributed by atoms with E-state index >= 15 is 0 Å². The summed E-state index contributed by atoms with van der Waals surface area (Å²) in [5.74, 6) is 0.233. The Hall–Kier alpha value is -2.37. The van der Waals surface area contributed by atoms with E-state index < -0.39 is 0 Å². The van der Waals surface area contributed by atoms with Gasteiger partial charge in [0, 0.05) is 12.5 Å². The van der Waals surface area contributed by atoms with Crippen LogP contribution in [0, 0.1) is 11.3 Å². The smallest absolute Gasteiger partial charge is 0.0991 e. The first-order valence-electron chi connectivity index (χ1n) is 8.11. The third-order valence-corrected chi connectivity index (χ3v) is 4.46. The molecule has 2 nitrogen and oxygen atoms in total. The monoisotopic (exact) mass is 302 g/mol.